The number of ether oxygens (including phenoxy) is 2. The van der Waals surface area contributed by atoms with E-state index in [1.807, 2.05) is 59.5 Å². The second-order valence-electron chi connectivity index (χ2n) is 9.01. The molecule has 0 saturated heterocycles. The maximum atomic E-state index is 13.1. The number of hydrogen-bond acceptors (Lipinski definition) is 4. The lowest BCUT2D eigenvalue weighted by Gasteiger charge is -2.28. The molecule has 7 heteroatoms. The summed E-state index contributed by atoms with van der Waals surface area (Å²) in [5.41, 5.74) is 1.93. The van der Waals surface area contributed by atoms with E-state index >= 15 is 0 Å². The summed E-state index contributed by atoms with van der Waals surface area (Å²) < 4.78 is 11.2. The zero-order chi connectivity index (χ0) is 26.2. The van der Waals surface area contributed by atoms with Gasteiger partial charge in [0.25, 0.3) is 0 Å². The van der Waals surface area contributed by atoms with Crippen molar-refractivity contribution < 1.29 is 24.2 Å². The van der Waals surface area contributed by atoms with Crippen molar-refractivity contribution >= 4 is 12.0 Å². The van der Waals surface area contributed by atoms with Crippen LogP contribution in [0.5, 0.6) is 5.75 Å². The van der Waals surface area contributed by atoms with Crippen LogP contribution in [0.1, 0.15) is 57.6 Å². The second kappa shape index (κ2) is 16.6. The quantitative estimate of drug-likeness (QED) is 0.300. The van der Waals surface area contributed by atoms with Crippen molar-refractivity contribution in [2.75, 3.05) is 26.3 Å². The lowest BCUT2D eigenvalue weighted by atomic mass is 9.98. The van der Waals surface area contributed by atoms with Gasteiger partial charge in [-0.2, -0.15) is 0 Å². The molecule has 0 bridgehead atoms. The molecule has 2 N–H and O–H groups in total. The molecule has 0 aliphatic carbocycles. The third-order valence-electron chi connectivity index (χ3n) is 6.06. The minimum atomic E-state index is -0.966. The third kappa shape index (κ3) is 10.7. The van der Waals surface area contributed by atoms with Crippen LogP contribution in [-0.2, 0) is 22.5 Å². The first-order chi connectivity index (χ1) is 17.5. The highest BCUT2D eigenvalue weighted by Crippen LogP contribution is 2.17. The highest BCUT2D eigenvalue weighted by molar-refractivity contribution is 5.74. The number of hydrogen-bond donors (Lipinski definition) is 2. The first-order valence-electron chi connectivity index (χ1n) is 13.1. The van der Waals surface area contributed by atoms with Crippen molar-refractivity contribution in [3.63, 3.8) is 0 Å². The Hall–Kier alpha value is -3.06. The smallest absolute Gasteiger partial charge is 0.333 e. The number of urea groups is 1. The molecule has 2 aromatic carbocycles. The Morgan fingerprint density at radius 2 is 1.61 bits per heavy atom. The number of amides is 2. The minimum Gasteiger partial charge on any atom is -0.492 e. The Morgan fingerprint density at radius 3 is 2.19 bits per heavy atom. The number of aliphatic carboxylic acids is 1. The van der Waals surface area contributed by atoms with E-state index in [4.69, 9.17) is 9.47 Å². The number of carbonyl (C=O) groups is 2. The van der Waals surface area contributed by atoms with Crippen molar-refractivity contribution in [2.45, 2.75) is 65.5 Å². The van der Waals surface area contributed by atoms with Gasteiger partial charge in [-0.05, 0) is 48.9 Å². The number of nitrogens with zero attached hydrogens (tertiary/aromatic N) is 1. The van der Waals surface area contributed by atoms with E-state index < -0.39 is 12.1 Å². The molecule has 0 heterocycles. The molecule has 0 aliphatic heterocycles. The standard InChI is InChI=1S/C29H42N2O5/c1-4-10-25(11-5-2)22-31(29(34)30-21-24-12-8-7-9-13-24)18-19-36-26-16-14-23(15-17-26)20-27(28(32)33)35-6-3/h7-9,12-17,25,27H,4-6,10-11,18-22H2,1-3H3,(H,30,34)(H,32,33). The fourth-order valence-corrected chi connectivity index (χ4v) is 4.24. The molecule has 0 fully saturated rings. The van der Waals surface area contributed by atoms with E-state index in [9.17, 15) is 14.7 Å². The Kier molecular flexibility index (Phi) is 13.4. The number of benzene rings is 2. The zero-order valence-electron chi connectivity index (χ0n) is 21.9. The van der Waals surface area contributed by atoms with Gasteiger partial charge in [0.2, 0.25) is 0 Å². The van der Waals surface area contributed by atoms with E-state index in [1.165, 1.54) is 0 Å². The molecule has 0 radical (unpaired) electrons. The van der Waals surface area contributed by atoms with Crippen molar-refractivity contribution in [1.29, 1.82) is 0 Å². The van der Waals surface area contributed by atoms with Gasteiger partial charge in [-0.1, -0.05) is 69.2 Å². The average molecular weight is 499 g/mol. The van der Waals surface area contributed by atoms with Gasteiger partial charge in [0, 0.05) is 26.1 Å². The monoisotopic (exact) mass is 498 g/mol. The fraction of sp³-hybridized carbons (Fsp3) is 0.517. The summed E-state index contributed by atoms with van der Waals surface area (Å²) in [4.78, 5) is 26.2. The van der Waals surface area contributed by atoms with Gasteiger partial charge in [0.15, 0.2) is 6.10 Å². The number of carbonyl (C=O) groups excluding carboxylic acids is 1. The van der Waals surface area contributed by atoms with Crippen LogP contribution in [0.25, 0.3) is 0 Å². The molecule has 1 atom stereocenters. The van der Waals surface area contributed by atoms with Crippen LogP contribution in [0.15, 0.2) is 54.6 Å². The summed E-state index contributed by atoms with van der Waals surface area (Å²) in [6.07, 6.45) is 3.83. The third-order valence-corrected chi connectivity index (χ3v) is 6.06. The maximum Gasteiger partial charge on any atom is 0.333 e. The molecular formula is C29H42N2O5. The first-order valence-corrected chi connectivity index (χ1v) is 13.1. The van der Waals surface area contributed by atoms with Crippen LogP contribution in [0.3, 0.4) is 0 Å². The molecule has 1 unspecified atom stereocenters. The maximum absolute atomic E-state index is 13.1. The molecular weight excluding hydrogens is 456 g/mol. The summed E-state index contributed by atoms with van der Waals surface area (Å²) in [5.74, 6) is 0.187. The average Bonchev–Trinajstić information content (AvgIpc) is 2.88. The van der Waals surface area contributed by atoms with Gasteiger partial charge in [0.05, 0.1) is 6.54 Å². The molecule has 2 amide bonds. The molecule has 0 aromatic heterocycles. The summed E-state index contributed by atoms with van der Waals surface area (Å²) in [6.45, 7) is 8.56. The number of nitrogens with one attached hydrogen (secondary N) is 1. The lowest BCUT2D eigenvalue weighted by Crippen LogP contribution is -2.44. The Labute approximate surface area is 215 Å². The van der Waals surface area contributed by atoms with E-state index in [0.717, 1.165) is 36.8 Å². The van der Waals surface area contributed by atoms with Crippen LogP contribution < -0.4 is 10.1 Å². The Bertz CT molecular complexity index is 882. The predicted octanol–water partition coefficient (Wildman–Crippen LogP) is 5.53. The van der Waals surface area contributed by atoms with Gasteiger partial charge in [-0.3, -0.25) is 0 Å². The SMILES string of the molecule is CCCC(CCC)CN(CCOc1ccc(CC(OCC)C(=O)O)cc1)C(=O)NCc1ccccc1. The first kappa shape index (κ1) is 29.2. The summed E-state index contributed by atoms with van der Waals surface area (Å²) in [5, 5.41) is 12.3. The van der Waals surface area contributed by atoms with E-state index in [-0.39, 0.29) is 6.03 Å². The van der Waals surface area contributed by atoms with Crippen LogP contribution in [0, 0.1) is 5.92 Å². The van der Waals surface area contributed by atoms with Crippen LogP contribution >= 0.6 is 0 Å². The van der Waals surface area contributed by atoms with Gasteiger partial charge < -0.3 is 24.8 Å². The van der Waals surface area contributed by atoms with Crippen molar-refractivity contribution in [2.24, 2.45) is 5.92 Å². The molecule has 2 rings (SSSR count). The highest BCUT2D eigenvalue weighted by atomic mass is 16.5. The molecule has 0 aliphatic rings. The zero-order valence-corrected chi connectivity index (χ0v) is 21.9. The molecule has 0 saturated carbocycles. The number of carboxylic acids is 1. The van der Waals surface area contributed by atoms with E-state index in [0.29, 0.717) is 50.9 Å². The summed E-state index contributed by atoms with van der Waals surface area (Å²) >= 11 is 0. The Morgan fingerprint density at radius 1 is 0.944 bits per heavy atom. The van der Waals surface area contributed by atoms with Gasteiger partial charge in [0.1, 0.15) is 12.4 Å². The molecule has 36 heavy (non-hydrogen) atoms. The minimum absolute atomic E-state index is 0.0781. The van der Waals surface area contributed by atoms with Crippen molar-refractivity contribution in [3.05, 3.63) is 65.7 Å². The van der Waals surface area contributed by atoms with Crippen molar-refractivity contribution in [1.82, 2.24) is 10.2 Å². The topological polar surface area (TPSA) is 88.1 Å². The molecule has 0 spiro atoms. The molecule has 198 valence electrons. The fourth-order valence-electron chi connectivity index (χ4n) is 4.24. The molecule has 2 aromatic rings. The highest BCUT2D eigenvalue weighted by Gasteiger charge is 2.19. The van der Waals surface area contributed by atoms with E-state index in [2.05, 4.69) is 19.2 Å². The number of carboxylic acid groups (broad SMARTS) is 1. The number of rotatable bonds is 17. The van der Waals surface area contributed by atoms with Crippen LogP contribution in [0.2, 0.25) is 0 Å². The van der Waals surface area contributed by atoms with Gasteiger partial charge in [-0.15, -0.1) is 0 Å². The van der Waals surface area contributed by atoms with Crippen LogP contribution in [0.4, 0.5) is 4.79 Å². The summed E-state index contributed by atoms with van der Waals surface area (Å²) in [6, 6.07) is 17.2. The molecule has 7 nitrogen and oxygen atoms in total. The largest absolute Gasteiger partial charge is 0.492 e. The summed E-state index contributed by atoms with van der Waals surface area (Å²) in [7, 11) is 0. The van der Waals surface area contributed by atoms with Gasteiger partial charge in [-0.25, -0.2) is 9.59 Å². The Balaban J connectivity index is 1.95. The predicted molar refractivity (Wildman–Crippen MR) is 142 cm³/mol. The van der Waals surface area contributed by atoms with Crippen LogP contribution in [-0.4, -0.2) is 54.4 Å². The van der Waals surface area contributed by atoms with E-state index in [1.54, 1.807) is 6.92 Å². The lowest BCUT2D eigenvalue weighted by molar-refractivity contribution is -0.149. The second-order valence-corrected chi connectivity index (χ2v) is 9.01. The van der Waals surface area contributed by atoms with Crippen molar-refractivity contribution in [3.8, 4) is 5.75 Å². The van der Waals surface area contributed by atoms with Gasteiger partial charge >= 0.3 is 12.0 Å². The normalized spacial score (nSPS) is 11.8.